The summed E-state index contributed by atoms with van der Waals surface area (Å²) in [5, 5.41) is 2.82. The number of anilines is 1. The van der Waals surface area contributed by atoms with E-state index < -0.39 is 0 Å². The molecule has 1 amide bonds. The number of hydrogen-bond donors (Lipinski definition) is 1. The molecule has 1 N–H and O–H groups in total. The lowest BCUT2D eigenvalue weighted by molar-refractivity contribution is -0.114. The number of methoxy groups -OCH3 is 1. The maximum absolute atomic E-state index is 11.4. The smallest absolute Gasteiger partial charge is 0.221 e. The second-order valence-corrected chi connectivity index (χ2v) is 10.7. The molecular weight excluding hydrogens is 436 g/mol. The average molecular weight is 469 g/mol. The zero-order chi connectivity index (χ0) is 25.0. The third kappa shape index (κ3) is 4.20. The summed E-state index contributed by atoms with van der Waals surface area (Å²) in [6.45, 7) is 10.9. The van der Waals surface area contributed by atoms with Crippen LogP contribution in [0.15, 0.2) is 59.6 Å². The molecule has 2 heterocycles. The van der Waals surface area contributed by atoms with Crippen molar-refractivity contribution >= 4 is 17.3 Å². The molecular formula is C30H32N2O3. The van der Waals surface area contributed by atoms with Crippen molar-refractivity contribution in [2.45, 2.75) is 52.1 Å². The first kappa shape index (κ1) is 23.2. The fraction of sp³-hybridized carbons (Fsp3) is 0.333. The minimum Gasteiger partial charge on any atom is -0.493 e. The van der Waals surface area contributed by atoms with Crippen LogP contribution in [0.25, 0.3) is 11.1 Å². The number of fused-ring (bicyclic) bond motifs is 3. The topological polar surface area (TPSA) is 59.9 Å². The molecule has 2 aliphatic rings. The highest BCUT2D eigenvalue weighted by atomic mass is 16.5. The molecule has 35 heavy (non-hydrogen) atoms. The van der Waals surface area contributed by atoms with Crippen LogP contribution in [0.3, 0.4) is 0 Å². The molecule has 3 aromatic rings. The van der Waals surface area contributed by atoms with Crippen molar-refractivity contribution < 1.29 is 14.3 Å². The van der Waals surface area contributed by atoms with Crippen LogP contribution in [0.2, 0.25) is 0 Å². The van der Waals surface area contributed by atoms with E-state index in [0.717, 1.165) is 46.0 Å². The molecule has 0 unspecified atom stereocenters. The maximum atomic E-state index is 11.4. The lowest BCUT2D eigenvalue weighted by Crippen LogP contribution is -2.31. The number of rotatable bonds is 4. The first-order valence-corrected chi connectivity index (χ1v) is 12.0. The highest BCUT2D eigenvalue weighted by Gasteiger charge is 2.41. The normalized spacial score (nSPS) is 17.0. The van der Waals surface area contributed by atoms with Crippen LogP contribution in [0, 0.1) is 0 Å². The third-order valence-corrected chi connectivity index (χ3v) is 6.82. The molecule has 0 atom stereocenters. The van der Waals surface area contributed by atoms with Gasteiger partial charge in [0.05, 0.1) is 12.8 Å². The number of aliphatic imine (C=N–C) groups is 1. The van der Waals surface area contributed by atoms with E-state index in [1.54, 1.807) is 7.11 Å². The van der Waals surface area contributed by atoms with Crippen molar-refractivity contribution in [2.75, 3.05) is 19.0 Å². The molecule has 0 radical (unpaired) electrons. The maximum Gasteiger partial charge on any atom is 0.221 e. The zero-order valence-electron chi connectivity index (χ0n) is 21.3. The zero-order valence-corrected chi connectivity index (χ0v) is 21.3. The Bertz CT molecular complexity index is 1350. The van der Waals surface area contributed by atoms with E-state index >= 15 is 0 Å². The Labute approximate surface area is 207 Å². The summed E-state index contributed by atoms with van der Waals surface area (Å²) < 4.78 is 12.1. The quantitative estimate of drug-likeness (QED) is 0.499. The third-order valence-electron chi connectivity index (χ3n) is 6.82. The second kappa shape index (κ2) is 8.26. The van der Waals surface area contributed by atoms with Gasteiger partial charge in [0.15, 0.2) is 11.5 Å². The van der Waals surface area contributed by atoms with Crippen LogP contribution >= 0.6 is 0 Å². The molecule has 0 spiro atoms. The van der Waals surface area contributed by atoms with Gasteiger partial charge in [-0.2, -0.15) is 0 Å². The molecule has 0 fully saturated rings. The Hall–Kier alpha value is -3.60. The first-order chi connectivity index (χ1) is 16.6. The Morgan fingerprint density at radius 2 is 1.71 bits per heavy atom. The lowest BCUT2D eigenvalue weighted by Gasteiger charge is -2.33. The van der Waals surface area contributed by atoms with E-state index in [2.05, 4.69) is 63.3 Å². The molecule has 5 rings (SSSR count). The summed E-state index contributed by atoms with van der Waals surface area (Å²) in [5.74, 6) is 1.56. The molecule has 0 bridgehead atoms. The molecule has 5 heteroatoms. The Kier molecular flexibility index (Phi) is 5.47. The number of benzene rings is 3. The highest BCUT2D eigenvalue weighted by Crippen LogP contribution is 2.49. The SMILES string of the molecule is COc1cc2c(c3c1OC(C)(C)C3)C(c1cccc(-c3ccc(NC(C)=O)cc3)c1)=NCC2(C)C. The molecule has 180 valence electrons. The van der Waals surface area contributed by atoms with Crippen molar-refractivity contribution in [3.05, 3.63) is 76.9 Å². The van der Waals surface area contributed by atoms with Gasteiger partial charge in [-0.15, -0.1) is 0 Å². The lowest BCUT2D eigenvalue weighted by atomic mass is 9.74. The highest BCUT2D eigenvalue weighted by molar-refractivity contribution is 6.16. The summed E-state index contributed by atoms with van der Waals surface area (Å²) in [7, 11) is 1.71. The van der Waals surface area contributed by atoms with Crippen molar-refractivity contribution in [3.8, 4) is 22.6 Å². The standard InChI is InChI=1S/C30H32N2O3/c1-18(33)32-22-12-10-19(11-13-22)20-8-7-9-21(14-20)27-26-23-16-30(4,5)35-28(23)25(34-6)15-24(26)29(2,3)17-31-27/h7-15H,16-17H2,1-6H3,(H,32,33). The number of ether oxygens (including phenoxy) is 2. The largest absolute Gasteiger partial charge is 0.493 e. The van der Waals surface area contributed by atoms with Gasteiger partial charge in [-0.25, -0.2) is 0 Å². The van der Waals surface area contributed by atoms with Crippen LogP contribution in [0.5, 0.6) is 11.5 Å². The minimum atomic E-state index is -0.297. The molecule has 3 aromatic carbocycles. The number of carbonyl (C=O) groups excluding carboxylic acids is 1. The molecule has 0 saturated carbocycles. The van der Waals surface area contributed by atoms with Crippen LogP contribution in [-0.2, 0) is 16.6 Å². The predicted molar refractivity (Wildman–Crippen MR) is 141 cm³/mol. The van der Waals surface area contributed by atoms with Gasteiger partial charge in [0.2, 0.25) is 5.91 Å². The Morgan fingerprint density at radius 3 is 2.40 bits per heavy atom. The van der Waals surface area contributed by atoms with Gasteiger partial charge in [-0.1, -0.05) is 44.2 Å². The Morgan fingerprint density at radius 1 is 1.00 bits per heavy atom. The van der Waals surface area contributed by atoms with Crippen LogP contribution in [0.1, 0.15) is 56.9 Å². The van der Waals surface area contributed by atoms with Gasteiger partial charge in [0.25, 0.3) is 0 Å². The van der Waals surface area contributed by atoms with E-state index in [4.69, 9.17) is 14.5 Å². The second-order valence-electron chi connectivity index (χ2n) is 10.7. The molecule has 0 aliphatic carbocycles. The van der Waals surface area contributed by atoms with Crippen LogP contribution in [-0.4, -0.2) is 30.9 Å². The van der Waals surface area contributed by atoms with Crippen LogP contribution in [0.4, 0.5) is 5.69 Å². The predicted octanol–water partition coefficient (Wildman–Crippen LogP) is 6.16. The minimum absolute atomic E-state index is 0.0760. The van der Waals surface area contributed by atoms with Gasteiger partial charge < -0.3 is 14.8 Å². The number of carbonyl (C=O) groups is 1. The summed E-state index contributed by atoms with van der Waals surface area (Å²) in [4.78, 5) is 16.5. The van der Waals surface area contributed by atoms with E-state index in [-0.39, 0.29) is 16.9 Å². The fourth-order valence-electron chi connectivity index (χ4n) is 5.14. The number of nitrogens with one attached hydrogen (secondary N) is 1. The first-order valence-electron chi connectivity index (χ1n) is 12.0. The van der Waals surface area contributed by atoms with E-state index in [9.17, 15) is 4.79 Å². The van der Waals surface area contributed by atoms with Gasteiger partial charge in [0.1, 0.15) is 5.60 Å². The van der Waals surface area contributed by atoms with E-state index in [0.29, 0.717) is 6.54 Å². The summed E-state index contributed by atoms with van der Waals surface area (Å²) in [6.07, 6.45) is 0.807. The van der Waals surface area contributed by atoms with Crippen molar-refractivity contribution in [1.29, 1.82) is 0 Å². The molecule has 2 aliphatic heterocycles. The van der Waals surface area contributed by atoms with Crippen molar-refractivity contribution in [2.24, 2.45) is 4.99 Å². The summed E-state index contributed by atoms with van der Waals surface area (Å²) >= 11 is 0. The monoisotopic (exact) mass is 468 g/mol. The fourth-order valence-corrected chi connectivity index (χ4v) is 5.14. The van der Waals surface area contributed by atoms with Gasteiger partial charge >= 0.3 is 0 Å². The molecule has 0 saturated heterocycles. The summed E-state index contributed by atoms with van der Waals surface area (Å²) in [5.41, 5.74) is 8.29. The molecule has 5 nitrogen and oxygen atoms in total. The van der Waals surface area contributed by atoms with Gasteiger partial charge in [-0.3, -0.25) is 9.79 Å². The molecule has 0 aromatic heterocycles. The Balaban J connectivity index is 1.61. The number of hydrogen-bond acceptors (Lipinski definition) is 4. The number of amides is 1. The van der Waals surface area contributed by atoms with E-state index in [1.807, 2.05) is 24.3 Å². The van der Waals surface area contributed by atoms with Crippen molar-refractivity contribution in [3.63, 3.8) is 0 Å². The van der Waals surface area contributed by atoms with E-state index in [1.165, 1.54) is 23.6 Å². The van der Waals surface area contributed by atoms with Crippen LogP contribution < -0.4 is 14.8 Å². The van der Waals surface area contributed by atoms with Gasteiger partial charge in [0, 0.05) is 47.7 Å². The van der Waals surface area contributed by atoms with Crippen molar-refractivity contribution in [1.82, 2.24) is 0 Å². The average Bonchev–Trinajstić information content (AvgIpc) is 3.14. The van der Waals surface area contributed by atoms with Gasteiger partial charge in [-0.05, 0) is 54.8 Å². The summed E-state index contributed by atoms with van der Waals surface area (Å²) in [6, 6.07) is 18.6. The number of nitrogens with zero attached hydrogens (tertiary/aromatic N) is 1.